The van der Waals surface area contributed by atoms with Crippen LogP contribution in [0.3, 0.4) is 0 Å². The highest BCUT2D eigenvalue weighted by atomic mass is 16.5. The normalized spacial score (nSPS) is 9.57. The Morgan fingerprint density at radius 2 is 1.86 bits per heavy atom. The Balaban J connectivity index is 2.53. The second-order valence-electron chi connectivity index (χ2n) is 3.11. The van der Waals surface area contributed by atoms with E-state index < -0.39 is 0 Å². The van der Waals surface area contributed by atoms with E-state index in [4.69, 9.17) is 9.47 Å². The Kier molecular flexibility index (Phi) is 4.05. The third kappa shape index (κ3) is 2.80. The van der Waals surface area contributed by atoms with Gasteiger partial charge in [0, 0.05) is 0 Å². The number of aryl methyl sites for hydroxylation is 2. The number of para-hydroxylation sites is 1. The first-order valence-electron chi connectivity index (χ1n) is 4.67. The molecule has 0 radical (unpaired) electrons. The van der Waals surface area contributed by atoms with Crippen molar-refractivity contribution >= 4 is 0 Å². The van der Waals surface area contributed by atoms with E-state index in [0.717, 1.165) is 16.9 Å². The maximum Gasteiger partial charge on any atom is 0.125 e. The van der Waals surface area contributed by atoms with Crippen LogP contribution in [0.4, 0.5) is 0 Å². The fourth-order valence-electron chi connectivity index (χ4n) is 1.30. The summed E-state index contributed by atoms with van der Waals surface area (Å²) in [5.74, 6) is 0.958. The van der Waals surface area contributed by atoms with Crippen LogP contribution in [0, 0.1) is 13.8 Å². The minimum Gasteiger partial charge on any atom is -0.498 e. The molecule has 0 bridgehead atoms. The topological polar surface area (TPSA) is 18.5 Å². The molecule has 0 aliphatic heterocycles. The van der Waals surface area contributed by atoms with E-state index in [9.17, 15) is 0 Å². The summed E-state index contributed by atoms with van der Waals surface area (Å²) in [5.41, 5.74) is 2.31. The van der Waals surface area contributed by atoms with Gasteiger partial charge in [-0.25, -0.2) is 0 Å². The van der Waals surface area contributed by atoms with Gasteiger partial charge in [0.1, 0.15) is 19.0 Å². The van der Waals surface area contributed by atoms with Crippen LogP contribution in [0.2, 0.25) is 0 Å². The number of ether oxygens (including phenoxy) is 2. The van der Waals surface area contributed by atoms with Crippen molar-refractivity contribution in [2.24, 2.45) is 0 Å². The molecule has 0 aliphatic rings. The van der Waals surface area contributed by atoms with Crippen LogP contribution in [0.1, 0.15) is 11.1 Å². The first-order chi connectivity index (χ1) is 6.75. The van der Waals surface area contributed by atoms with E-state index in [1.807, 2.05) is 32.0 Å². The van der Waals surface area contributed by atoms with Crippen LogP contribution in [-0.2, 0) is 4.74 Å². The highest BCUT2D eigenvalue weighted by molar-refractivity contribution is 5.39. The summed E-state index contributed by atoms with van der Waals surface area (Å²) in [6, 6.07) is 6.10. The molecule has 0 aromatic heterocycles. The average Bonchev–Trinajstić information content (AvgIpc) is 2.16. The van der Waals surface area contributed by atoms with Gasteiger partial charge in [0.05, 0.1) is 6.26 Å². The molecular formula is C12H16O2. The SMILES string of the molecule is C=COCCOc1c(C)cccc1C. The molecule has 2 heteroatoms. The van der Waals surface area contributed by atoms with E-state index in [1.54, 1.807) is 0 Å². The zero-order valence-corrected chi connectivity index (χ0v) is 8.75. The Bertz CT molecular complexity index is 285. The third-order valence-corrected chi connectivity index (χ3v) is 1.97. The van der Waals surface area contributed by atoms with Crippen LogP contribution in [0.25, 0.3) is 0 Å². The predicted molar refractivity (Wildman–Crippen MR) is 57.6 cm³/mol. The lowest BCUT2D eigenvalue weighted by atomic mass is 10.1. The van der Waals surface area contributed by atoms with Crippen LogP contribution in [0.15, 0.2) is 31.0 Å². The number of hydrogen-bond acceptors (Lipinski definition) is 2. The highest BCUT2D eigenvalue weighted by Crippen LogP contribution is 2.21. The summed E-state index contributed by atoms with van der Waals surface area (Å²) < 4.78 is 10.6. The molecule has 0 amide bonds. The predicted octanol–water partition coefficient (Wildman–Crippen LogP) is 2.84. The maximum atomic E-state index is 5.60. The zero-order chi connectivity index (χ0) is 10.4. The summed E-state index contributed by atoms with van der Waals surface area (Å²) in [4.78, 5) is 0. The van der Waals surface area contributed by atoms with Crippen molar-refractivity contribution in [1.82, 2.24) is 0 Å². The summed E-state index contributed by atoms with van der Waals surface area (Å²) in [7, 11) is 0. The largest absolute Gasteiger partial charge is 0.498 e. The molecule has 0 N–H and O–H groups in total. The van der Waals surface area contributed by atoms with Crippen molar-refractivity contribution in [3.05, 3.63) is 42.2 Å². The highest BCUT2D eigenvalue weighted by Gasteiger charge is 2.01. The second-order valence-corrected chi connectivity index (χ2v) is 3.11. The van der Waals surface area contributed by atoms with Gasteiger partial charge in [0.15, 0.2) is 0 Å². The smallest absolute Gasteiger partial charge is 0.125 e. The zero-order valence-electron chi connectivity index (χ0n) is 8.75. The van der Waals surface area contributed by atoms with Gasteiger partial charge in [-0.2, -0.15) is 0 Å². The molecule has 1 rings (SSSR count). The van der Waals surface area contributed by atoms with Gasteiger partial charge < -0.3 is 9.47 Å². The maximum absolute atomic E-state index is 5.60. The van der Waals surface area contributed by atoms with E-state index >= 15 is 0 Å². The molecular weight excluding hydrogens is 176 g/mol. The van der Waals surface area contributed by atoms with Crippen molar-refractivity contribution in [3.8, 4) is 5.75 Å². The molecule has 0 atom stereocenters. The van der Waals surface area contributed by atoms with Crippen molar-refractivity contribution in [1.29, 1.82) is 0 Å². The van der Waals surface area contributed by atoms with Gasteiger partial charge in [-0.05, 0) is 25.0 Å². The van der Waals surface area contributed by atoms with Crippen molar-refractivity contribution in [3.63, 3.8) is 0 Å². The molecule has 2 nitrogen and oxygen atoms in total. The van der Waals surface area contributed by atoms with E-state index in [1.165, 1.54) is 6.26 Å². The second kappa shape index (κ2) is 5.32. The first kappa shape index (κ1) is 10.6. The van der Waals surface area contributed by atoms with Gasteiger partial charge in [0.25, 0.3) is 0 Å². The third-order valence-electron chi connectivity index (χ3n) is 1.97. The van der Waals surface area contributed by atoms with E-state index in [0.29, 0.717) is 13.2 Å². The molecule has 1 aromatic rings. The number of hydrogen-bond donors (Lipinski definition) is 0. The average molecular weight is 192 g/mol. The molecule has 0 unspecified atom stereocenters. The molecule has 0 aliphatic carbocycles. The monoisotopic (exact) mass is 192 g/mol. The Morgan fingerprint density at radius 1 is 1.21 bits per heavy atom. The molecule has 76 valence electrons. The Morgan fingerprint density at radius 3 is 2.43 bits per heavy atom. The van der Waals surface area contributed by atoms with Crippen LogP contribution in [-0.4, -0.2) is 13.2 Å². The molecule has 0 fully saturated rings. The van der Waals surface area contributed by atoms with Crippen molar-refractivity contribution in [2.75, 3.05) is 13.2 Å². The lowest BCUT2D eigenvalue weighted by Crippen LogP contribution is -2.05. The molecule has 0 heterocycles. The van der Waals surface area contributed by atoms with Crippen LogP contribution >= 0.6 is 0 Å². The van der Waals surface area contributed by atoms with Gasteiger partial charge in [-0.3, -0.25) is 0 Å². The lowest BCUT2D eigenvalue weighted by molar-refractivity contribution is 0.178. The fourth-order valence-corrected chi connectivity index (χ4v) is 1.30. The standard InChI is InChI=1S/C12H16O2/c1-4-13-8-9-14-12-10(2)6-5-7-11(12)3/h4-7H,1,8-9H2,2-3H3. The summed E-state index contributed by atoms with van der Waals surface area (Å²) in [6.45, 7) is 8.63. The lowest BCUT2D eigenvalue weighted by Gasteiger charge is -2.11. The van der Waals surface area contributed by atoms with Gasteiger partial charge in [0.2, 0.25) is 0 Å². The first-order valence-corrected chi connectivity index (χ1v) is 4.67. The molecule has 14 heavy (non-hydrogen) atoms. The number of benzene rings is 1. The summed E-state index contributed by atoms with van der Waals surface area (Å²) in [5, 5.41) is 0. The van der Waals surface area contributed by atoms with Crippen molar-refractivity contribution < 1.29 is 9.47 Å². The molecule has 0 spiro atoms. The quantitative estimate of drug-likeness (QED) is 0.527. The summed E-state index contributed by atoms with van der Waals surface area (Å²) in [6.07, 6.45) is 1.42. The van der Waals surface area contributed by atoms with Crippen LogP contribution < -0.4 is 4.74 Å². The Hall–Kier alpha value is -1.44. The molecule has 0 saturated carbocycles. The number of rotatable bonds is 5. The van der Waals surface area contributed by atoms with E-state index in [2.05, 4.69) is 6.58 Å². The minimum atomic E-state index is 0.539. The van der Waals surface area contributed by atoms with Gasteiger partial charge in [-0.15, -0.1) is 0 Å². The fraction of sp³-hybridized carbons (Fsp3) is 0.333. The molecule has 1 aromatic carbocycles. The van der Waals surface area contributed by atoms with Gasteiger partial charge >= 0.3 is 0 Å². The summed E-state index contributed by atoms with van der Waals surface area (Å²) >= 11 is 0. The van der Waals surface area contributed by atoms with Crippen molar-refractivity contribution in [2.45, 2.75) is 13.8 Å². The minimum absolute atomic E-state index is 0.539. The Labute approximate surface area is 85.2 Å². The van der Waals surface area contributed by atoms with Gasteiger partial charge in [-0.1, -0.05) is 24.8 Å². The molecule has 0 saturated heterocycles. The van der Waals surface area contributed by atoms with Crippen LogP contribution in [0.5, 0.6) is 5.75 Å². The van der Waals surface area contributed by atoms with E-state index in [-0.39, 0.29) is 0 Å².